The molecule has 1 aliphatic heterocycles. The molecule has 14 heavy (non-hydrogen) atoms. The summed E-state index contributed by atoms with van der Waals surface area (Å²) in [7, 11) is 0. The Hall–Kier alpha value is 0.310. The molecule has 2 fully saturated rings. The van der Waals surface area contributed by atoms with Crippen LogP contribution in [0.5, 0.6) is 0 Å². The third-order valence-corrected chi connectivity index (χ3v) is 4.87. The Morgan fingerprint density at radius 2 is 1.64 bits per heavy atom. The molecular weight excluding hydrogens is 190 g/mol. The smallest absolute Gasteiger partial charge is 0.00724 e. The first kappa shape index (κ1) is 10.8. The minimum absolute atomic E-state index is 1.01. The van der Waals surface area contributed by atoms with Gasteiger partial charge in [-0.3, -0.25) is 0 Å². The second-order valence-electron chi connectivity index (χ2n) is 4.68. The lowest BCUT2D eigenvalue weighted by molar-refractivity contribution is 0.242. The summed E-state index contributed by atoms with van der Waals surface area (Å²) < 4.78 is 0. The third kappa shape index (κ3) is 3.47. The van der Waals surface area contributed by atoms with E-state index in [0.717, 1.165) is 5.25 Å². The summed E-state index contributed by atoms with van der Waals surface area (Å²) in [5.74, 6) is 1.38. The summed E-state index contributed by atoms with van der Waals surface area (Å²) in [5, 5.41) is 1.01. The Morgan fingerprint density at radius 3 is 2.36 bits per heavy atom. The number of likely N-dealkylation sites (tertiary alicyclic amines) is 1. The van der Waals surface area contributed by atoms with Crippen molar-refractivity contribution in [2.24, 2.45) is 0 Å². The Balaban J connectivity index is 1.52. The van der Waals surface area contributed by atoms with Crippen molar-refractivity contribution in [2.75, 3.05) is 25.4 Å². The van der Waals surface area contributed by atoms with E-state index in [9.17, 15) is 0 Å². The highest BCUT2D eigenvalue weighted by Gasteiger charge is 2.16. The summed E-state index contributed by atoms with van der Waals surface area (Å²) in [5.41, 5.74) is 0. The van der Waals surface area contributed by atoms with E-state index >= 15 is 0 Å². The van der Waals surface area contributed by atoms with Crippen molar-refractivity contribution >= 4 is 11.8 Å². The van der Waals surface area contributed by atoms with E-state index in [2.05, 4.69) is 16.7 Å². The van der Waals surface area contributed by atoms with Crippen molar-refractivity contribution in [3.63, 3.8) is 0 Å². The molecule has 1 nitrogen and oxygen atoms in total. The Bertz CT molecular complexity index is 148. The van der Waals surface area contributed by atoms with Crippen LogP contribution in [0.2, 0.25) is 0 Å². The Kier molecular flexibility index (Phi) is 4.65. The lowest BCUT2D eigenvalue weighted by atomic mass is 10.1. The Labute approximate surface area is 92.6 Å². The van der Waals surface area contributed by atoms with Crippen molar-refractivity contribution in [3.8, 4) is 0 Å². The van der Waals surface area contributed by atoms with Gasteiger partial charge in [-0.2, -0.15) is 11.8 Å². The highest BCUT2D eigenvalue weighted by atomic mass is 32.2. The number of thioether (sulfide) groups is 1. The summed E-state index contributed by atoms with van der Waals surface area (Å²) in [4.78, 5) is 2.66. The van der Waals surface area contributed by atoms with E-state index < -0.39 is 0 Å². The molecule has 0 spiro atoms. The maximum absolute atomic E-state index is 2.66. The maximum atomic E-state index is 2.66. The highest BCUT2D eigenvalue weighted by Crippen LogP contribution is 2.29. The van der Waals surface area contributed by atoms with Crippen molar-refractivity contribution < 1.29 is 0 Å². The minimum Gasteiger partial charge on any atom is -0.303 e. The van der Waals surface area contributed by atoms with Crippen LogP contribution in [-0.2, 0) is 0 Å². The number of hydrogen-bond acceptors (Lipinski definition) is 2. The molecule has 2 heteroatoms. The van der Waals surface area contributed by atoms with Gasteiger partial charge in [0.05, 0.1) is 0 Å². The van der Waals surface area contributed by atoms with E-state index in [4.69, 9.17) is 0 Å². The molecule has 0 aromatic rings. The second kappa shape index (κ2) is 6.02. The fourth-order valence-electron chi connectivity index (χ4n) is 2.59. The van der Waals surface area contributed by atoms with Gasteiger partial charge in [-0.15, -0.1) is 0 Å². The largest absolute Gasteiger partial charge is 0.303 e. The van der Waals surface area contributed by atoms with Crippen LogP contribution in [0.25, 0.3) is 0 Å². The lowest BCUT2D eigenvalue weighted by Crippen LogP contribution is -2.31. The summed E-state index contributed by atoms with van der Waals surface area (Å²) in [6.45, 7) is 4.08. The van der Waals surface area contributed by atoms with E-state index in [1.54, 1.807) is 0 Å². The van der Waals surface area contributed by atoms with Gasteiger partial charge in [0.1, 0.15) is 0 Å². The topological polar surface area (TPSA) is 3.24 Å². The molecule has 1 saturated carbocycles. The normalized spacial score (nSPS) is 25.7. The van der Waals surface area contributed by atoms with Gasteiger partial charge in [-0.05, 0) is 38.8 Å². The fraction of sp³-hybridized carbons (Fsp3) is 1.00. The van der Waals surface area contributed by atoms with Crippen LogP contribution in [0.1, 0.15) is 44.9 Å². The number of nitrogens with zero attached hydrogens (tertiary/aromatic N) is 1. The lowest BCUT2D eigenvalue weighted by Gasteiger charge is -2.26. The predicted molar refractivity (Wildman–Crippen MR) is 65.0 cm³/mol. The zero-order valence-corrected chi connectivity index (χ0v) is 10.0. The van der Waals surface area contributed by atoms with Crippen LogP contribution in [-0.4, -0.2) is 35.5 Å². The quantitative estimate of drug-likeness (QED) is 0.706. The van der Waals surface area contributed by atoms with Gasteiger partial charge in [0, 0.05) is 17.5 Å². The van der Waals surface area contributed by atoms with E-state index in [1.165, 1.54) is 70.3 Å². The van der Waals surface area contributed by atoms with Gasteiger partial charge in [0.15, 0.2) is 0 Å². The molecule has 0 N–H and O–H groups in total. The molecule has 0 unspecified atom stereocenters. The molecule has 0 radical (unpaired) electrons. The van der Waals surface area contributed by atoms with Crippen LogP contribution in [0, 0.1) is 0 Å². The molecule has 82 valence electrons. The molecular formula is C12H23NS. The summed E-state index contributed by atoms with van der Waals surface area (Å²) >= 11 is 2.24. The van der Waals surface area contributed by atoms with Crippen LogP contribution in [0.4, 0.5) is 0 Å². The van der Waals surface area contributed by atoms with E-state index in [-0.39, 0.29) is 0 Å². The first-order valence-electron chi connectivity index (χ1n) is 6.29. The zero-order valence-electron chi connectivity index (χ0n) is 9.21. The second-order valence-corrected chi connectivity index (χ2v) is 6.09. The first-order chi connectivity index (χ1) is 6.95. The van der Waals surface area contributed by atoms with Gasteiger partial charge in [0.2, 0.25) is 0 Å². The summed E-state index contributed by atoms with van der Waals surface area (Å²) in [6, 6.07) is 0. The third-order valence-electron chi connectivity index (χ3n) is 3.51. The zero-order chi connectivity index (χ0) is 9.64. The molecule has 0 bridgehead atoms. The average molecular weight is 213 g/mol. The van der Waals surface area contributed by atoms with Crippen molar-refractivity contribution in [1.82, 2.24) is 4.90 Å². The maximum Gasteiger partial charge on any atom is 0.00724 e. The van der Waals surface area contributed by atoms with Crippen LogP contribution in [0.3, 0.4) is 0 Å². The average Bonchev–Trinajstić information content (AvgIpc) is 2.72. The van der Waals surface area contributed by atoms with Gasteiger partial charge in [-0.1, -0.05) is 19.3 Å². The van der Waals surface area contributed by atoms with Gasteiger partial charge in [-0.25, -0.2) is 0 Å². The first-order valence-corrected chi connectivity index (χ1v) is 7.34. The molecule has 0 aromatic carbocycles. The Morgan fingerprint density at radius 1 is 0.929 bits per heavy atom. The highest BCUT2D eigenvalue weighted by molar-refractivity contribution is 7.99. The SMILES string of the molecule is C1CCN(CCSC2CCCC2)CC1. The molecule has 0 atom stereocenters. The van der Waals surface area contributed by atoms with Crippen molar-refractivity contribution in [2.45, 2.75) is 50.2 Å². The summed E-state index contributed by atoms with van der Waals surface area (Å²) in [6.07, 6.45) is 10.3. The van der Waals surface area contributed by atoms with Crippen molar-refractivity contribution in [3.05, 3.63) is 0 Å². The fourth-order valence-corrected chi connectivity index (χ4v) is 3.95. The van der Waals surface area contributed by atoms with Gasteiger partial charge < -0.3 is 4.90 Å². The molecule has 1 saturated heterocycles. The molecule has 1 heterocycles. The monoisotopic (exact) mass is 213 g/mol. The predicted octanol–water partition coefficient (Wildman–Crippen LogP) is 3.15. The van der Waals surface area contributed by atoms with Crippen molar-refractivity contribution in [1.29, 1.82) is 0 Å². The van der Waals surface area contributed by atoms with Gasteiger partial charge in [0.25, 0.3) is 0 Å². The molecule has 0 amide bonds. The molecule has 0 aromatic heterocycles. The number of piperidine rings is 1. The van der Waals surface area contributed by atoms with Crippen LogP contribution < -0.4 is 0 Å². The number of hydrogen-bond donors (Lipinski definition) is 0. The van der Waals surface area contributed by atoms with Crippen LogP contribution >= 0.6 is 11.8 Å². The standard InChI is InChI=1S/C12H23NS/c1-4-8-13(9-5-1)10-11-14-12-6-2-3-7-12/h12H,1-11H2. The minimum atomic E-state index is 1.01. The molecule has 2 rings (SSSR count). The van der Waals surface area contributed by atoms with Gasteiger partial charge >= 0.3 is 0 Å². The molecule has 1 aliphatic carbocycles. The molecule has 2 aliphatic rings. The van der Waals surface area contributed by atoms with E-state index in [1.807, 2.05) is 0 Å². The number of rotatable bonds is 4. The van der Waals surface area contributed by atoms with E-state index in [0.29, 0.717) is 0 Å². The van der Waals surface area contributed by atoms with Crippen LogP contribution in [0.15, 0.2) is 0 Å².